The number of anilines is 3. The van der Waals surface area contributed by atoms with E-state index in [1.54, 1.807) is 67.8 Å². The Morgan fingerprint density at radius 2 is 1.31 bits per heavy atom. The maximum absolute atomic E-state index is 11.8. The summed E-state index contributed by atoms with van der Waals surface area (Å²) in [6, 6.07) is 31.0. The highest BCUT2D eigenvalue weighted by Gasteiger charge is 2.15. The normalized spacial score (nSPS) is 11.1. The fraction of sp³-hybridized carbons (Fsp3) is 0.0769. The van der Waals surface area contributed by atoms with Crippen LogP contribution in [0.2, 0.25) is 0 Å². The van der Waals surface area contributed by atoms with Gasteiger partial charge in [0.1, 0.15) is 27.8 Å². The summed E-state index contributed by atoms with van der Waals surface area (Å²) in [5.41, 5.74) is 10.5. The third-order valence-corrected chi connectivity index (χ3v) is 9.01. The molecule has 0 saturated heterocycles. The number of ether oxygens (including phenoxy) is 2. The first kappa shape index (κ1) is 46.3. The smallest absolute Gasteiger partial charge is 0.425 e. The Hall–Kier alpha value is -7.37. The van der Waals surface area contributed by atoms with Gasteiger partial charge in [-0.15, -0.1) is 35.5 Å². The van der Waals surface area contributed by atoms with E-state index in [1.807, 2.05) is 42.5 Å². The van der Waals surface area contributed by atoms with E-state index in [9.17, 15) is 23.2 Å². The summed E-state index contributed by atoms with van der Waals surface area (Å²) in [5, 5.41) is 43.1. The van der Waals surface area contributed by atoms with Crippen LogP contribution in [-0.2, 0) is 37.9 Å². The van der Waals surface area contributed by atoms with Gasteiger partial charge in [0.2, 0.25) is 0 Å². The van der Waals surface area contributed by atoms with E-state index in [-0.39, 0.29) is 34.2 Å². The van der Waals surface area contributed by atoms with Crippen LogP contribution in [-0.4, -0.2) is 62.7 Å². The standard InChI is InChI=1S/C39H34N6O7S.2O3S/c1-51-32-15-12-29(13-16-32)41-31-14-17-33-26(19-31)8-18-34(39(33)47)43-45-36-20-27(23-46)35(22-37(36)52-2)44-42-30-10-4-24(5-11-30)3-6-25-7-9-28(40)21-38(25)53(48,49)50;2*1-4(2)3/h3-22,41,46-47H,23,40H2,1-2H3,(H,48,49,50);;. The highest BCUT2D eigenvalue weighted by molar-refractivity contribution is 7.86. The number of hydrogen-bond donors (Lipinski definition) is 5. The lowest BCUT2D eigenvalue weighted by molar-refractivity contribution is 0.282. The van der Waals surface area contributed by atoms with Crippen LogP contribution in [0.15, 0.2) is 135 Å². The van der Waals surface area contributed by atoms with Crippen LogP contribution in [0, 0.1) is 0 Å². The lowest BCUT2D eigenvalue weighted by Crippen LogP contribution is -2.02. The molecule has 0 aliphatic carbocycles. The van der Waals surface area contributed by atoms with Crippen molar-refractivity contribution >= 4 is 94.1 Å². The van der Waals surface area contributed by atoms with Crippen molar-refractivity contribution in [1.29, 1.82) is 0 Å². The Morgan fingerprint density at radius 3 is 1.92 bits per heavy atom. The number of aromatic hydroxyl groups is 1. The molecule has 0 spiro atoms. The molecule has 0 aromatic heterocycles. The second-order valence-corrected chi connectivity index (χ2v) is 14.2. The summed E-state index contributed by atoms with van der Waals surface area (Å²) in [6.45, 7) is -0.366. The van der Waals surface area contributed by atoms with Gasteiger partial charge in [-0.05, 0) is 95.4 Å². The number of phenolic OH excluding ortho intramolecular Hbond substituents is 1. The molecule has 0 saturated carbocycles. The van der Waals surface area contributed by atoms with Crippen molar-refractivity contribution in [2.45, 2.75) is 11.5 Å². The fourth-order valence-corrected chi connectivity index (χ4v) is 6.05. The van der Waals surface area contributed by atoms with Crippen LogP contribution < -0.4 is 20.5 Å². The second kappa shape index (κ2) is 21.6. The topological polar surface area (TPSA) is 303 Å². The summed E-state index contributed by atoms with van der Waals surface area (Å²) >= 11 is 0. The molecule has 0 fully saturated rings. The summed E-state index contributed by atoms with van der Waals surface area (Å²) in [7, 11) is -7.60. The molecule has 0 amide bonds. The molecule has 0 bridgehead atoms. The van der Waals surface area contributed by atoms with E-state index in [1.165, 1.54) is 25.3 Å². The maximum atomic E-state index is 11.8. The average molecular weight is 891 g/mol. The summed E-state index contributed by atoms with van der Waals surface area (Å²) in [5.74, 6) is 1.04. The quantitative estimate of drug-likeness (QED) is 0.0341. The Kier molecular flexibility index (Phi) is 16.4. The number of phenols is 1. The van der Waals surface area contributed by atoms with Crippen molar-refractivity contribution in [3.05, 3.63) is 126 Å². The molecule has 6 aromatic carbocycles. The van der Waals surface area contributed by atoms with Crippen LogP contribution in [0.1, 0.15) is 16.7 Å². The lowest BCUT2D eigenvalue weighted by atomic mass is 10.1. The molecule has 61 heavy (non-hydrogen) atoms. The molecule has 22 heteroatoms. The summed E-state index contributed by atoms with van der Waals surface area (Å²) in [4.78, 5) is -0.289. The molecule has 6 aromatic rings. The number of nitrogens with two attached hydrogens (primary N) is 1. The van der Waals surface area contributed by atoms with Gasteiger partial charge in [0.05, 0.1) is 32.2 Å². The van der Waals surface area contributed by atoms with E-state index in [4.69, 9.17) is 40.5 Å². The van der Waals surface area contributed by atoms with Crippen LogP contribution in [0.4, 0.5) is 39.8 Å². The van der Waals surface area contributed by atoms with Crippen molar-refractivity contribution in [2.75, 3.05) is 25.3 Å². The Morgan fingerprint density at radius 1 is 0.689 bits per heavy atom. The fourth-order valence-electron chi connectivity index (χ4n) is 5.33. The molecular formula is C39H34N6O13S3. The minimum absolute atomic E-state index is 0.0383. The number of nitrogens with zero attached hydrogens (tertiary/aromatic N) is 4. The predicted octanol–water partition coefficient (Wildman–Crippen LogP) is 7.62. The number of fused-ring (bicyclic) bond motifs is 1. The van der Waals surface area contributed by atoms with Crippen LogP contribution in [0.25, 0.3) is 22.9 Å². The highest BCUT2D eigenvalue weighted by Crippen LogP contribution is 2.40. The van der Waals surface area contributed by atoms with Crippen LogP contribution in [0.5, 0.6) is 17.2 Å². The zero-order chi connectivity index (χ0) is 44.7. The molecule has 0 radical (unpaired) electrons. The number of azo groups is 2. The SMILES string of the molecule is COc1ccc(Nc2ccc3c(O)c(N=Nc4cc(CO)c(N=Nc5ccc(C=Cc6ccc(N)cc6S(=O)(=O)O)cc5)cc4OC)ccc3c2)cc1.O=S(=O)=O.O=S(=O)=O. The minimum atomic E-state index is -4.46. The van der Waals surface area contributed by atoms with Gasteiger partial charge in [0.15, 0.2) is 5.75 Å². The van der Waals surface area contributed by atoms with Gasteiger partial charge in [0, 0.05) is 34.1 Å². The molecule has 316 valence electrons. The number of methoxy groups -OCH3 is 2. The molecule has 19 nitrogen and oxygen atoms in total. The first-order chi connectivity index (χ1) is 29.0. The zero-order valence-corrected chi connectivity index (χ0v) is 34.2. The molecule has 0 aliphatic heterocycles. The molecule has 0 heterocycles. The number of aliphatic hydroxyl groups excluding tert-OH is 1. The first-order valence-electron chi connectivity index (χ1n) is 17.0. The van der Waals surface area contributed by atoms with Gasteiger partial charge in [-0.1, -0.05) is 36.4 Å². The number of nitrogens with one attached hydrogen (secondary N) is 1. The van der Waals surface area contributed by atoms with E-state index < -0.39 is 31.3 Å². The first-order valence-corrected chi connectivity index (χ1v) is 20.5. The summed E-state index contributed by atoms with van der Waals surface area (Å²) < 4.78 is 94.5. The second-order valence-electron chi connectivity index (χ2n) is 12.0. The van der Waals surface area contributed by atoms with E-state index in [0.29, 0.717) is 33.8 Å². The van der Waals surface area contributed by atoms with Gasteiger partial charge in [0.25, 0.3) is 10.1 Å². The largest absolute Gasteiger partial charge is 0.505 e. The monoisotopic (exact) mass is 890 g/mol. The van der Waals surface area contributed by atoms with Gasteiger partial charge in [-0.3, -0.25) is 4.55 Å². The molecular weight excluding hydrogens is 857 g/mol. The minimum Gasteiger partial charge on any atom is -0.505 e. The number of benzene rings is 6. The van der Waals surface area contributed by atoms with Crippen molar-refractivity contribution < 1.29 is 57.9 Å². The molecule has 0 aliphatic rings. The molecule has 0 unspecified atom stereocenters. The number of hydrogen-bond acceptors (Lipinski definition) is 18. The Balaban J connectivity index is 0.000000941. The Bertz CT molecular complexity index is 2920. The van der Waals surface area contributed by atoms with E-state index >= 15 is 0 Å². The third-order valence-electron chi connectivity index (χ3n) is 8.10. The van der Waals surface area contributed by atoms with Crippen molar-refractivity contribution in [3.8, 4) is 17.2 Å². The van der Waals surface area contributed by atoms with Crippen LogP contribution >= 0.6 is 0 Å². The predicted molar refractivity (Wildman–Crippen MR) is 225 cm³/mol. The lowest BCUT2D eigenvalue weighted by Gasteiger charge is -2.10. The summed E-state index contributed by atoms with van der Waals surface area (Å²) in [6.07, 6.45) is 3.23. The number of aliphatic hydroxyl groups is 1. The van der Waals surface area contributed by atoms with E-state index in [0.717, 1.165) is 28.1 Å². The maximum Gasteiger partial charge on any atom is 0.425 e. The van der Waals surface area contributed by atoms with Crippen molar-refractivity contribution in [1.82, 2.24) is 0 Å². The van der Waals surface area contributed by atoms with Crippen molar-refractivity contribution in [3.63, 3.8) is 0 Å². The third kappa shape index (κ3) is 13.9. The zero-order valence-electron chi connectivity index (χ0n) is 31.8. The van der Waals surface area contributed by atoms with E-state index in [2.05, 4.69) is 25.8 Å². The van der Waals surface area contributed by atoms with Crippen molar-refractivity contribution in [2.24, 2.45) is 20.5 Å². The van der Waals surface area contributed by atoms with Gasteiger partial charge in [-0.2, -0.15) is 18.6 Å². The highest BCUT2D eigenvalue weighted by atomic mass is 32.2. The van der Waals surface area contributed by atoms with Gasteiger partial charge >= 0.3 is 21.2 Å². The number of nitrogen functional groups attached to an aromatic ring is 1. The molecule has 0 atom stereocenters. The Labute approximate surface area is 351 Å². The average Bonchev–Trinajstić information content (AvgIpc) is 3.22. The van der Waals surface area contributed by atoms with Crippen LogP contribution in [0.3, 0.4) is 0 Å². The van der Waals surface area contributed by atoms with Gasteiger partial charge in [-0.25, -0.2) is 0 Å². The van der Waals surface area contributed by atoms with Gasteiger partial charge < -0.3 is 30.7 Å². The number of rotatable bonds is 12. The molecule has 6 N–H and O–H groups in total. The molecule has 6 rings (SSSR count).